The highest BCUT2D eigenvalue weighted by molar-refractivity contribution is 14.1. The first-order valence-corrected chi connectivity index (χ1v) is 7.51. The van der Waals surface area contributed by atoms with Gasteiger partial charge in [0.05, 0.1) is 10.7 Å². The fraction of sp³-hybridized carbons (Fsp3) is 0.250. The molecule has 0 aliphatic heterocycles. The highest BCUT2D eigenvalue weighted by Crippen LogP contribution is 2.32. The lowest BCUT2D eigenvalue weighted by Crippen LogP contribution is -2.29. The number of para-hydroxylation sites is 2. The third kappa shape index (κ3) is 3.43. The Balaban J connectivity index is 2.35. The van der Waals surface area contributed by atoms with Crippen molar-refractivity contribution >= 4 is 22.6 Å². The first kappa shape index (κ1) is 15.1. The van der Waals surface area contributed by atoms with Gasteiger partial charge in [-0.2, -0.15) is 0 Å². The lowest BCUT2D eigenvalue weighted by Gasteiger charge is -2.25. The van der Waals surface area contributed by atoms with Crippen molar-refractivity contribution in [1.82, 2.24) is 0 Å². The molecule has 2 atom stereocenters. The van der Waals surface area contributed by atoms with Crippen LogP contribution in [0, 0.1) is 3.57 Å². The summed E-state index contributed by atoms with van der Waals surface area (Å²) in [5, 5.41) is 0. The average Bonchev–Trinajstić information content (AvgIpc) is 2.46. The summed E-state index contributed by atoms with van der Waals surface area (Å²) in [6, 6.07) is 15.6. The minimum Gasteiger partial charge on any atom is -0.496 e. The predicted molar refractivity (Wildman–Crippen MR) is 89.2 cm³/mol. The minimum absolute atomic E-state index is 0.151. The second-order valence-electron chi connectivity index (χ2n) is 4.57. The fourth-order valence-corrected chi connectivity index (χ4v) is 2.55. The van der Waals surface area contributed by atoms with Crippen LogP contribution in [0.2, 0.25) is 0 Å². The molecule has 0 spiro atoms. The van der Waals surface area contributed by atoms with Crippen molar-refractivity contribution in [1.29, 1.82) is 0 Å². The molecule has 2 N–H and O–H groups in total. The summed E-state index contributed by atoms with van der Waals surface area (Å²) < 4.78 is 12.6. The maximum Gasteiger partial charge on any atom is 0.142 e. The van der Waals surface area contributed by atoms with Gasteiger partial charge in [-0.05, 0) is 47.7 Å². The molecule has 0 aliphatic rings. The van der Waals surface area contributed by atoms with Gasteiger partial charge in [-0.15, -0.1) is 0 Å². The quantitative estimate of drug-likeness (QED) is 0.800. The maximum atomic E-state index is 6.12. The molecule has 0 saturated heterocycles. The summed E-state index contributed by atoms with van der Waals surface area (Å²) in [5.74, 6) is 1.63. The number of ether oxygens (including phenoxy) is 2. The molecule has 0 bridgehead atoms. The average molecular weight is 383 g/mol. The van der Waals surface area contributed by atoms with E-state index in [1.165, 1.54) is 0 Å². The van der Waals surface area contributed by atoms with Crippen molar-refractivity contribution in [2.24, 2.45) is 5.73 Å². The molecule has 20 heavy (non-hydrogen) atoms. The van der Waals surface area contributed by atoms with Crippen LogP contribution in [-0.2, 0) is 0 Å². The van der Waals surface area contributed by atoms with Crippen molar-refractivity contribution in [3.63, 3.8) is 0 Å². The molecule has 0 fully saturated rings. The molecule has 0 radical (unpaired) electrons. The molecular weight excluding hydrogens is 365 g/mol. The normalized spacial score (nSPS) is 13.6. The lowest BCUT2D eigenvalue weighted by molar-refractivity contribution is 0.175. The van der Waals surface area contributed by atoms with E-state index in [0.717, 1.165) is 20.6 Å². The zero-order valence-corrected chi connectivity index (χ0v) is 13.7. The first-order chi connectivity index (χ1) is 9.63. The van der Waals surface area contributed by atoms with E-state index in [4.69, 9.17) is 15.2 Å². The number of hydrogen-bond donors (Lipinski definition) is 1. The topological polar surface area (TPSA) is 44.5 Å². The molecule has 2 rings (SSSR count). The summed E-state index contributed by atoms with van der Waals surface area (Å²) in [7, 11) is 1.66. The van der Waals surface area contributed by atoms with E-state index in [0.29, 0.717) is 0 Å². The van der Waals surface area contributed by atoms with E-state index in [2.05, 4.69) is 22.6 Å². The van der Waals surface area contributed by atoms with Crippen molar-refractivity contribution in [3.05, 3.63) is 57.7 Å². The molecule has 0 aliphatic carbocycles. The second kappa shape index (κ2) is 6.95. The fourth-order valence-electron chi connectivity index (χ4n) is 2.03. The Morgan fingerprint density at radius 3 is 2.20 bits per heavy atom. The van der Waals surface area contributed by atoms with Gasteiger partial charge in [0.2, 0.25) is 0 Å². The molecule has 0 heterocycles. The largest absolute Gasteiger partial charge is 0.496 e. The Bertz CT molecular complexity index is 572. The molecule has 2 unspecified atom stereocenters. The van der Waals surface area contributed by atoms with Crippen molar-refractivity contribution in [2.45, 2.75) is 19.1 Å². The molecule has 2 aromatic rings. The standard InChI is InChI=1S/C16H18INO2/c1-11(18)16(12-7-3-5-9-14(12)19-2)20-15-10-6-4-8-13(15)17/h3-11,16H,18H2,1-2H3. The summed E-state index contributed by atoms with van der Waals surface area (Å²) in [4.78, 5) is 0. The SMILES string of the molecule is COc1ccccc1C(Oc1ccccc1I)C(C)N. The van der Waals surface area contributed by atoms with E-state index in [-0.39, 0.29) is 12.1 Å². The van der Waals surface area contributed by atoms with E-state index in [1.807, 2.05) is 55.5 Å². The van der Waals surface area contributed by atoms with Gasteiger partial charge in [0.25, 0.3) is 0 Å². The van der Waals surface area contributed by atoms with Crippen LogP contribution in [-0.4, -0.2) is 13.2 Å². The second-order valence-corrected chi connectivity index (χ2v) is 5.73. The predicted octanol–water partition coefficient (Wildman–Crippen LogP) is 3.77. The van der Waals surface area contributed by atoms with E-state index in [1.54, 1.807) is 7.11 Å². The van der Waals surface area contributed by atoms with Crippen molar-refractivity contribution in [2.75, 3.05) is 7.11 Å². The van der Waals surface area contributed by atoms with Gasteiger partial charge in [0.1, 0.15) is 17.6 Å². The summed E-state index contributed by atoms with van der Waals surface area (Å²) >= 11 is 2.26. The van der Waals surface area contributed by atoms with Gasteiger partial charge in [-0.1, -0.05) is 30.3 Å². The third-order valence-electron chi connectivity index (χ3n) is 3.01. The zero-order valence-electron chi connectivity index (χ0n) is 11.5. The van der Waals surface area contributed by atoms with Gasteiger partial charge in [0, 0.05) is 11.6 Å². The summed E-state index contributed by atoms with van der Waals surface area (Å²) in [6.07, 6.45) is -0.248. The van der Waals surface area contributed by atoms with Gasteiger partial charge >= 0.3 is 0 Å². The number of benzene rings is 2. The maximum absolute atomic E-state index is 6.12. The van der Waals surface area contributed by atoms with Crippen LogP contribution < -0.4 is 15.2 Å². The highest BCUT2D eigenvalue weighted by atomic mass is 127. The molecule has 3 nitrogen and oxygen atoms in total. The van der Waals surface area contributed by atoms with Crippen LogP contribution in [0.3, 0.4) is 0 Å². The first-order valence-electron chi connectivity index (χ1n) is 6.43. The van der Waals surface area contributed by atoms with Crippen LogP contribution in [0.5, 0.6) is 11.5 Å². The molecule has 4 heteroatoms. The van der Waals surface area contributed by atoms with Gasteiger partial charge < -0.3 is 15.2 Å². The number of nitrogens with two attached hydrogens (primary N) is 1. The Hall–Kier alpha value is -1.27. The minimum atomic E-state index is -0.248. The van der Waals surface area contributed by atoms with Crippen LogP contribution in [0.1, 0.15) is 18.6 Å². The molecule has 0 aromatic heterocycles. The number of hydrogen-bond acceptors (Lipinski definition) is 3. The molecule has 0 saturated carbocycles. The highest BCUT2D eigenvalue weighted by Gasteiger charge is 2.22. The molecular formula is C16H18INO2. The van der Waals surface area contributed by atoms with E-state index in [9.17, 15) is 0 Å². The van der Waals surface area contributed by atoms with Crippen molar-refractivity contribution < 1.29 is 9.47 Å². The Morgan fingerprint density at radius 1 is 1.00 bits per heavy atom. The van der Waals surface area contributed by atoms with Gasteiger partial charge in [-0.3, -0.25) is 0 Å². The lowest BCUT2D eigenvalue weighted by atomic mass is 10.0. The van der Waals surface area contributed by atoms with Crippen molar-refractivity contribution in [3.8, 4) is 11.5 Å². The van der Waals surface area contributed by atoms with E-state index >= 15 is 0 Å². The molecule has 106 valence electrons. The number of rotatable bonds is 5. The van der Waals surface area contributed by atoms with Crippen LogP contribution in [0.4, 0.5) is 0 Å². The smallest absolute Gasteiger partial charge is 0.142 e. The van der Waals surface area contributed by atoms with E-state index < -0.39 is 0 Å². The number of methoxy groups -OCH3 is 1. The van der Waals surface area contributed by atoms with Crippen LogP contribution >= 0.6 is 22.6 Å². The van der Waals surface area contributed by atoms with Crippen LogP contribution in [0.15, 0.2) is 48.5 Å². The molecule has 2 aromatic carbocycles. The van der Waals surface area contributed by atoms with Gasteiger partial charge in [0.15, 0.2) is 0 Å². The third-order valence-corrected chi connectivity index (χ3v) is 3.90. The molecule has 0 amide bonds. The summed E-state index contributed by atoms with van der Waals surface area (Å²) in [5.41, 5.74) is 7.07. The van der Waals surface area contributed by atoms with Crippen LogP contribution in [0.25, 0.3) is 0 Å². The monoisotopic (exact) mass is 383 g/mol. The van der Waals surface area contributed by atoms with Gasteiger partial charge in [-0.25, -0.2) is 0 Å². The zero-order chi connectivity index (χ0) is 14.5. The Labute approximate surface area is 133 Å². The Kier molecular flexibility index (Phi) is 5.25. The Morgan fingerprint density at radius 2 is 1.60 bits per heavy atom. The number of halogens is 1. The summed E-state index contributed by atoms with van der Waals surface area (Å²) in [6.45, 7) is 1.94.